The first-order valence-electron chi connectivity index (χ1n) is 6.01. The summed E-state index contributed by atoms with van der Waals surface area (Å²) in [6.45, 7) is 2.04. The monoisotopic (exact) mass is 306 g/mol. The van der Waals surface area contributed by atoms with Gasteiger partial charge in [0.2, 0.25) is 0 Å². The van der Waals surface area contributed by atoms with Crippen molar-refractivity contribution in [2.24, 2.45) is 0 Å². The molecule has 1 aromatic rings. The van der Waals surface area contributed by atoms with Crippen LogP contribution < -0.4 is 0 Å². The minimum Gasteiger partial charge on any atom is -0.377 e. The third-order valence-corrected chi connectivity index (χ3v) is 9.36. The lowest BCUT2D eigenvalue weighted by atomic mass is 10.6. The molecule has 0 unspecified atom stereocenters. The van der Waals surface area contributed by atoms with E-state index in [1.54, 1.807) is 51.4 Å². The van der Waals surface area contributed by atoms with Gasteiger partial charge in [-0.15, -0.1) is 0 Å². The Balaban J connectivity index is 3.06. The molecule has 1 aromatic heterocycles. The second kappa shape index (κ2) is 7.29. The van der Waals surface area contributed by atoms with E-state index in [1.165, 1.54) is 0 Å². The Morgan fingerprint density at radius 1 is 1.05 bits per heavy atom. The Morgan fingerprint density at radius 2 is 1.68 bits per heavy atom. The average Bonchev–Trinajstić information content (AvgIpc) is 2.98. The molecule has 0 saturated heterocycles. The lowest BCUT2D eigenvalue weighted by Gasteiger charge is -2.35. The standard InChI is InChI=1S/C10H22N2O5Si2/c1-6-9-18(13-2,14-3)17-19(15-4,16-5)12-8-7-11-10-12/h7-8,10H,6,9H2,1-5H3. The van der Waals surface area contributed by atoms with Crippen LogP contribution in [-0.2, 0) is 21.8 Å². The third-order valence-electron chi connectivity index (χ3n) is 2.80. The van der Waals surface area contributed by atoms with Crippen LogP contribution in [0.4, 0.5) is 0 Å². The molecule has 0 radical (unpaired) electrons. The van der Waals surface area contributed by atoms with Crippen molar-refractivity contribution < 1.29 is 21.8 Å². The number of hydrogen-bond donors (Lipinski definition) is 0. The zero-order valence-electron chi connectivity index (χ0n) is 12.1. The topological polar surface area (TPSA) is 64.0 Å². The smallest absolute Gasteiger partial charge is 0.377 e. The fraction of sp³-hybridized carbons (Fsp3) is 0.700. The summed E-state index contributed by atoms with van der Waals surface area (Å²) in [4.78, 5) is 4.00. The maximum atomic E-state index is 6.12. The van der Waals surface area contributed by atoms with Crippen molar-refractivity contribution in [2.75, 3.05) is 28.4 Å². The molecule has 0 amide bonds. The summed E-state index contributed by atoms with van der Waals surface area (Å²) in [5.41, 5.74) is 0. The van der Waals surface area contributed by atoms with E-state index in [1.807, 2.05) is 6.92 Å². The molecular weight excluding hydrogens is 284 g/mol. The van der Waals surface area contributed by atoms with Gasteiger partial charge in [-0.3, -0.25) is 4.23 Å². The molecule has 0 fully saturated rings. The Kier molecular flexibility index (Phi) is 6.33. The number of imidazole rings is 1. The van der Waals surface area contributed by atoms with Gasteiger partial charge in [0.1, 0.15) is 0 Å². The Labute approximate surface area is 116 Å². The molecule has 0 aromatic carbocycles. The number of rotatable bonds is 9. The van der Waals surface area contributed by atoms with Crippen molar-refractivity contribution in [1.29, 1.82) is 0 Å². The normalized spacial score (nSPS) is 12.9. The van der Waals surface area contributed by atoms with Gasteiger partial charge in [0.05, 0.1) is 6.33 Å². The van der Waals surface area contributed by atoms with Crippen LogP contribution in [0.15, 0.2) is 18.7 Å². The summed E-state index contributed by atoms with van der Waals surface area (Å²) in [6, 6.07) is 0.691. The SMILES string of the molecule is CCC[Si](OC)(OC)O[Si](OC)(OC)n1ccnc1. The fourth-order valence-corrected chi connectivity index (χ4v) is 7.74. The minimum absolute atomic E-state index is 0.691. The van der Waals surface area contributed by atoms with Crippen molar-refractivity contribution in [3.05, 3.63) is 18.7 Å². The van der Waals surface area contributed by atoms with Crippen LogP contribution in [0.2, 0.25) is 6.04 Å². The second-order valence-electron chi connectivity index (χ2n) is 3.85. The summed E-state index contributed by atoms with van der Waals surface area (Å²) in [5, 5.41) is 0. The molecule has 0 aliphatic carbocycles. The number of aromatic nitrogens is 2. The van der Waals surface area contributed by atoms with Gasteiger partial charge in [0.25, 0.3) is 0 Å². The second-order valence-corrected chi connectivity index (χ2v) is 9.73. The van der Waals surface area contributed by atoms with E-state index in [-0.39, 0.29) is 0 Å². The van der Waals surface area contributed by atoms with E-state index in [2.05, 4.69) is 4.98 Å². The van der Waals surface area contributed by atoms with E-state index in [9.17, 15) is 0 Å². The highest BCUT2D eigenvalue weighted by Gasteiger charge is 2.54. The van der Waals surface area contributed by atoms with Crippen LogP contribution in [-0.4, -0.2) is 55.4 Å². The van der Waals surface area contributed by atoms with Gasteiger partial charge in [-0.25, -0.2) is 4.98 Å². The van der Waals surface area contributed by atoms with E-state index < -0.39 is 17.8 Å². The van der Waals surface area contributed by atoms with Gasteiger partial charge in [-0.2, -0.15) is 0 Å². The Hall–Kier alpha value is -0.556. The quantitative estimate of drug-likeness (QED) is 0.637. The summed E-state index contributed by atoms with van der Waals surface area (Å²) in [6.07, 6.45) is 5.88. The maximum Gasteiger partial charge on any atom is 0.630 e. The van der Waals surface area contributed by atoms with E-state index in [4.69, 9.17) is 21.8 Å². The van der Waals surface area contributed by atoms with Gasteiger partial charge in [0, 0.05) is 46.9 Å². The minimum atomic E-state index is -3.12. The summed E-state index contributed by atoms with van der Waals surface area (Å²) in [7, 11) is 0.340. The molecule has 19 heavy (non-hydrogen) atoms. The van der Waals surface area contributed by atoms with Crippen LogP contribution in [0.5, 0.6) is 0 Å². The lowest BCUT2D eigenvalue weighted by molar-refractivity contribution is 0.0796. The van der Waals surface area contributed by atoms with E-state index in [0.717, 1.165) is 6.42 Å². The summed E-state index contributed by atoms with van der Waals surface area (Å²) < 4.78 is 29.9. The van der Waals surface area contributed by atoms with Crippen LogP contribution in [0, 0.1) is 0 Å². The first-order chi connectivity index (χ1) is 9.12. The summed E-state index contributed by atoms with van der Waals surface area (Å²) in [5.74, 6) is 0. The molecule has 1 rings (SSSR count). The van der Waals surface area contributed by atoms with Gasteiger partial charge in [-0.1, -0.05) is 13.3 Å². The van der Waals surface area contributed by atoms with E-state index in [0.29, 0.717) is 6.04 Å². The highest BCUT2D eigenvalue weighted by atomic mass is 28.5. The lowest BCUT2D eigenvalue weighted by Crippen LogP contribution is -2.61. The summed E-state index contributed by atoms with van der Waals surface area (Å²) >= 11 is 0. The molecule has 0 N–H and O–H groups in total. The van der Waals surface area contributed by atoms with Gasteiger partial charge in [-0.05, 0) is 0 Å². The van der Waals surface area contributed by atoms with Crippen LogP contribution in [0.1, 0.15) is 13.3 Å². The van der Waals surface area contributed by atoms with Crippen molar-refractivity contribution in [3.8, 4) is 0 Å². The predicted molar refractivity (Wildman–Crippen MR) is 73.4 cm³/mol. The van der Waals surface area contributed by atoms with E-state index >= 15 is 0 Å². The molecule has 7 nitrogen and oxygen atoms in total. The molecule has 1 heterocycles. The van der Waals surface area contributed by atoms with Crippen molar-refractivity contribution in [2.45, 2.75) is 19.4 Å². The highest BCUT2D eigenvalue weighted by Crippen LogP contribution is 2.23. The zero-order chi connectivity index (χ0) is 14.4. The van der Waals surface area contributed by atoms with Crippen LogP contribution >= 0.6 is 0 Å². The first kappa shape index (κ1) is 16.5. The van der Waals surface area contributed by atoms with Crippen molar-refractivity contribution in [1.82, 2.24) is 9.22 Å². The highest BCUT2D eigenvalue weighted by molar-refractivity contribution is 6.74. The fourth-order valence-electron chi connectivity index (χ4n) is 1.78. The first-order valence-corrected chi connectivity index (χ1v) is 9.61. The molecule has 9 heteroatoms. The van der Waals surface area contributed by atoms with Gasteiger partial charge in [0.15, 0.2) is 0 Å². The largest absolute Gasteiger partial charge is 0.630 e. The van der Waals surface area contributed by atoms with Gasteiger partial charge < -0.3 is 21.8 Å². The Morgan fingerprint density at radius 3 is 2.05 bits per heavy atom. The maximum absolute atomic E-state index is 6.12. The number of nitrogens with zero attached hydrogens (tertiary/aromatic N) is 2. The molecule has 110 valence electrons. The molecule has 0 saturated carbocycles. The van der Waals surface area contributed by atoms with Crippen molar-refractivity contribution >= 4 is 17.8 Å². The molecule has 0 atom stereocenters. The predicted octanol–water partition coefficient (Wildman–Crippen LogP) is 1.12. The van der Waals surface area contributed by atoms with Crippen LogP contribution in [0.25, 0.3) is 0 Å². The molecule has 0 spiro atoms. The molecular formula is C10H22N2O5Si2. The molecule has 0 bridgehead atoms. The van der Waals surface area contributed by atoms with Crippen molar-refractivity contribution in [3.63, 3.8) is 0 Å². The average molecular weight is 306 g/mol. The Bertz CT molecular complexity index is 355. The molecule has 0 aliphatic heterocycles. The third kappa shape index (κ3) is 3.51. The van der Waals surface area contributed by atoms with Crippen LogP contribution in [0.3, 0.4) is 0 Å². The zero-order valence-corrected chi connectivity index (χ0v) is 14.1. The number of hydrogen-bond acceptors (Lipinski definition) is 6. The van der Waals surface area contributed by atoms with Gasteiger partial charge >= 0.3 is 17.8 Å². The molecule has 0 aliphatic rings.